The normalized spacial score (nSPS) is 60.3. The quantitative estimate of drug-likeness (QED) is 0.563. The highest BCUT2D eigenvalue weighted by Gasteiger charge is 2.68. The van der Waals surface area contributed by atoms with Gasteiger partial charge in [0.1, 0.15) is 0 Å². The van der Waals surface area contributed by atoms with Crippen LogP contribution in [0.25, 0.3) is 0 Å². The Bertz CT molecular complexity index is 187. The lowest BCUT2D eigenvalue weighted by molar-refractivity contribution is -0.151. The van der Waals surface area contributed by atoms with Crippen LogP contribution in [0.4, 0.5) is 0 Å². The lowest BCUT2D eigenvalue weighted by atomic mass is 9.51. The maximum atomic E-state index is 9.77. The molecule has 3 aliphatic carbocycles. The Kier molecular flexibility index (Phi) is 0.976. The van der Waals surface area contributed by atoms with Crippen LogP contribution in [0.3, 0.4) is 0 Å². The summed E-state index contributed by atoms with van der Waals surface area (Å²) in [6.07, 6.45) is 9.48. The minimum atomic E-state index is 0.0764. The van der Waals surface area contributed by atoms with E-state index in [1.54, 1.807) is 0 Å². The smallest absolute Gasteiger partial charge is 0.0607 e. The molecule has 3 fully saturated rings. The molecule has 3 rings (SSSR count). The van der Waals surface area contributed by atoms with Crippen LogP contribution in [0.15, 0.2) is 0 Å². The van der Waals surface area contributed by atoms with E-state index in [9.17, 15) is 5.11 Å². The molecule has 1 unspecified atom stereocenters. The van der Waals surface area contributed by atoms with E-state index in [0.29, 0.717) is 10.8 Å². The minimum absolute atomic E-state index is 0.0764. The summed E-state index contributed by atoms with van der Waals surface area (Å²) in [6.45, 7) is 0. The van der Waals surface area contributed by atoms with Crippen molar-refractivity contribution in [3.05, 3.63) is 0 Å². The lowest BCUT2D eigenvalue weighted by Crippen LogP contribution is -2.55. The molecule has 3 aliphatic rings. The molecule has 0 radical (unpaired) electrons. The van der Waals surface area contributed by atoms with Gasteiger partial charge in [0.25, 0.3) is 0 Å². The molecule has 1 heteroatoms. The predicted octanol–water partition coefficient (Wildman–Crippen LogP) is 2.09. The average molecular weight is 152 g/mol. The van der Waals surface area contributed by atoms with Gasteiger partial charge in [-0.25, -0.2) is 0 Å². The van der Waals surface area contributed by atoms with Crippen LogP contribution in [-0.4, -0.2) is 11.2 Å². The summed E-state index contributed by atoms with van der Waals surface area (Å²) in [5.41, 5.74) is 1.08. The van der Waals surface area contributed by atoms with Crippen LogP contribution in [0.1, 0.15) is 44.9 Å². The standard InChI is InChI=1S/C10H16O/c11-8-7-9-3-1-5-10(8,9)6-2-4-9/h8,11H,1-7H2. The molecule has 11 heavy (non-hydrogen) atoms. The van der Waals surface area contributed by atoms with Crippen LogP contribution >= 0.6 is 0 Å². The first-order chi connectivity index (χ1) is 5.29. The maximum absolute atomic E-state index is 9.77. The molecule has 0 amide bonds. The van der Waals surface area contributed by atoms with Gasteiger partial charge in [0.15, 0.2) is 0 Å². The minimum Gasteiger partial charge on any atom is -0.393 e. The average Bonchev–Trinajstić information content (AvgIpc) is 2.34. The Balaban J connectivity index is 2.04. The van der Waals surface area contributed by atoms with Crippen LogP contribution in [-0.2, 0) is 0 Å². The van der Waals surface area contributed by atoms with Crippen LogP contribution in [0.2, 0.25) is 0 Å². The largest absolute Gasteiger partial charge is 0.393 e. The molecule has 0 saturated heterocycles. The first kappa shape index (κ1) is 6.47. The van der Waals surface area contributed by atoms with E-state index in [0.717, 1.165) is 6.42 Å². The van der Waals surface area contributed by atoms with Crippen molar-refractivity contribution < 1.29 is 5.11 Å². The van der Waals surface area contributed by atoms with Crippen LogP contribution in [0.5, 0.6) is 0 Å². The number of hydrogen-bond donors (Lipinski definition) is 1. The second-order valence-corrected chi connectivity index (χ2v) is 4.86. The molecule has 1 nitrogen and oxygen atoms in total. The summed E-state index contributed by atoms with van der Waals surface area (Å²) in [5.74, 6) is 0. The van der Waals surface area contributed by atoms with Gasteiger partial charge >= 0.3 is 0 Å². The van der Waals surface area contributed by atoms with E-state index in [-0.39, 0.29) is 6.10 Å². The summed E-state index contributed by atoms with van der Waals surface area (Å²) in [4.78, 5) is 0. The topological polar surface area (TPSA) is 20.2 Å². The lowest BCUT2D eigenvalue weighted by Gasteiger charge is -2.55. The van der Waals surface area contributed by atoms with Crippen molar-refractivity contribution in [3.63, 3.8) is 0 Å². The Morgan fingerprint density at radius 2 is 1.64 bits per heavy atom. The predicted molar refractivity (Wildman–Crippen MR) is 43.2 cm³/mol. The summed E-state index contributed by atoms with van der Waals surface area (Å²) in [7, 11) is 0. The van der Waals surface area contributed by atoms with Crippen molar-refractivity contribution in [1.29, 1.82) is 0 Å². The Hall–Kier alpha value is -0.0400. The molecule has 3 saturated carbocycles. The summed E-state index contributed by atoms with van der Waals surface area (Å²) >= 11 is 0. The van der Waals surface area contributed by atoms with Gasteiger partial charge < -0.3 is 5.11 Å². The summed E-state index contributed by atoms with van der Waals surface area (Å²) < 4.78 is 0. The van der Waals surface area contributed by atoms with Gasteiger partial charge in [-0.15, -0.1) is 0 Å². The van der Waals surface area contributed by atoms with Crippen LogP contribution in [0, 0.1) is 10.8 Å². The first-order valence-corrected chi connectivity index (χ1v) is 4.97. The van der Waals surface area contributed by atoms with E-state index in [1.165, 1.54) is 38.5 Å². The third-order valence-corrected chi connectivity index (χ3v) is 4.83. The van der Waals surface area contributed by atoms with E-state index < -0.39 is 0 Å². The molecule has 0 bridgehead atoms. The number of aliphatic hydroxyl groups excluding tert-OH is 1. The number of rotatable bonds is 0. The summed E-state index contributed by atoms with van der Waals surface area (Å²) in [6, 6.07) is 0. The van der Waals surface area contributed by atoms with Crippen molar-refractivity contribution in [1.82, 2.24) is 0 Å². The third-order valence-electron chi connectivity index (χ3n) is 4.83. The highest BCUT2D eigenvalue weighted by Crippen LogP contribution is 2.74. The van der Waals surface area contributed by atoms with Crippen LogP contribution < -0.4 is 0 Å². The zero-order valence-electron chi connectivity index (χ0n) is 6.97. The van der Waals surface area contributed by atoms with Crippen molar-refractivity contribution in [2.45, 2.75) is 51.0 Å². The van der Waals surface area contributed by atoms with E-state index in [2.05, 4.69) is 0 Å². The van der Waals surface area contributed by atoms with Gasteiger partial charge in [-0.05, 0) is 37.5 Å². The van der Waals surface area contributed by atoms with Crippen molar-refractivity contribution in [2.24, 2.45) is 10.8 Å². The molecule has 1 N–H and O–H groups in total. The van der Waals surface area contributed by atoms with Gasteiger partial charge in [0.2, 0.25) is 0 Å². The Morgan fingerprint density at radius 3 is 2.09 bits per heavy atom. The zero-order valence-corrected chi connectivity index (χ0v) is 6.97. The van der Waals surface area contributed by atoms with Gasteiger partial charge in [-0.3, -0.25) is 0 Å². The Morgan fingerprint density at radius 1 is 1.00 bits per heavy atom. The molecule has 0 spiro atoms. The fraction of sp³-hybridized carbons (Fsp3) is 1.00. The van der Waals surface area contributed by atoms with E-state index in [1.807, 2.05) is 0 Å². The molecule has 0 aromatic carbocycles. The second kappa shape index (κ2) is 1.66. The van der Waals surface area contributed by atoms with Gasteiger partial charge in [0, 0.05) is 5.41 Å². The number of aliphatic hydroxyl groups is 1. The third kappa shape index (κ3) is 0.488. The first-order valence-electron chi connectivity index (χ1n) is 4.97. The monoisotopic (exact) mass is 152 g/mol. The van der Waals surface area contributed by atoms with Gasteiger partial charge in [0.05, 0.1) is 6.10 Å². The van der Waals surface area contributed by atoms with E-state index >= 15 is 0 Å². The molecule has 62 valence electrons. The molecule has 0 aromatic heterocycles. The second-order valence-electron chi connectivity index (χ2n) is 4.86. The Labute approximate surface area is 67.8 Å². The molecular weight excluding hydrogens is 136 g/mol. The van der Waals surface area contributed by atoms with Gasteiger partial charge in [-0.2, -0.15) is 0 Å². The fourth-order valence-corrected chi connectivity index (χ4v) is 4.29. The SMILES string of the molecule is OC1CC23CCCC12CCC3. The maximum Gasteiger partial charge on any atom is 0.0607 e. The fourth-order valence-electron chi connectivity index (χ4n) is 4.29. The highest BCUT2D eigenvalue weighted by molar-refractivity contribution is 5.18. The molecule has 0 aromatic rings. The zero-order chi connectivity index (χ0) is 7.53. The molecular formula is C10H16O. The molecule has 1 atom stereocenters. The van der Waals surface area contributed by atoms with Gasteiger partial charge in [-0.1, -0.05) is 12.8 Å². The van der Waals surface area contributed by atoms with Crippen molar-refractivity contribution >= 4 is 0 Å². The molecule has 0 heterocycles. The highest BCUT2D eigenvalue weighted by atomic mass is 16.3. The summed E-state index contributed by atoms with van der Waals surface area (Å²) in [5, 5.41) is 9.77. The molecule has 0 aliphatic heterocycles. The van der Waals surface area contributed by atoms with Crippen molar-refractivity contribution in [3.8, 4) is 0 Å². The van der Waals surface area contributed by atoms with Crippen molar-refractivity contribution in [2.75, 3.05) is 0 Å². The number of hydrogen-bond acceptors (Lipinski definition) is 1. The van der Waals surface area contributed by atoms with E-state index in [4.69, 9.17) is 0 Å².